The number of aromatic nitrogens is 1. The van der Waals surface area contributed by atoms with E-state index in [0.29, 0.717) is 12.1 Å². The molecule has 1 heterocycles. The molecule has 2 saturated carbocycles. The van der Waals surface area contributed by atoms with E-state index in [1.165, 1.54) is 25.1 Å². The van der Waals surface area contributed by atoms with Crippen LogP contribution in [0, 0.1) is 5.82 Å². The average Bonchev–Trinajstić information content (AvgIpc) is 3.34. The van der Waals surface area contributed by atoms with Crippen molar-refractivity contribution < 1.29 is 13.9 Å². The predicted molar refractivity (Wildman–Crippen MR) is 95.1 cm³/mol. The van der Waals surface area contributed by atoms with Gasteiger partial charge in [0.15, 0.2) is 0 Å². The zero-order chi connectivity index (χ0) is 18.0. The molecule has 1 aromatic heterocycles. The number of nitrogens with one attached hydrogen (secondary N) is 1. The van der Waals surface area contributed by atoms with Crippen molar-refractivity contribution in [3.05, 3.63) is 24.1 Å². The Morgan fingerprint density at radius 1 is 1.16 bits per heavy atom. The van der Waals surface area contributed by atoms with E-state index < -0.39 is 5.60 Å². The van der Waals surface area contributed by atoms with Crippen LogP contribution < -0.4 is 10.2 Å². The Hall–Kier alpha value is -1.85. The van der Waals surface area contributed by atoms with Crippen molar-refractivity contribution in [1.29, 1.82) is 0 Å². The Labute approximate surface area is 148 Å². The van der Waals surface area contributed by atoms with Gasteiger partial charge in [-0.15, -0.1) is 0 Å². The second-order valence-electron chi connectivity index (χ2n) is 8.12. The molecule has 0 radical (unpaired) electrons. The van der Waals surface area contributed by atoms with E-state index >= 15 is 0 Å². The summed E-state index contributed by atoms with van der Waals surface area (Å²) in [5.74, 6) is 0.567. The Bertz CT molecular complexity index is 588. The Balaban J connectivity index is 1.55. The third-order valence-corrected chi connectivity index (χ3v) is 4.73. The first-order valence-electron chi connectivity index (χ1n) is 9.21. The van der Waals surface area contributed by atoms with E-state index in [4.69, 9.17) is 4.74 Å². The normalized spacial score (nSPS) is 23.8. The third-order valence-electron chi connectivity index (χ3n) is 4.73. The van der Waals surface area contributed by atoms with Gasteiger partial charge in [0.05, 0.1) is 6.20 Å². The van der Waals surface area contributed by atoms with Gasteiger partial charge in [-0.3, -0.25) is 0 Å². The minimum absolute atomic E-state index is 0.160. The highest BCUT2D eigenvalue weighted by atomic mass is 19.1. The summed E-state index contributed by atoms with van der Waals surface area (Å²) < 4.78 is 18.5. The summed E-state index contributed by atoms with van der Waals surface area (Å²) in [7, 11) is 0. The van der Waals surface area contributed by atoms with Gasteiger partial charge in [-0.05, 0) is 71.4 Å². The van der Waals surface area contributed by atoms with Crippen molar-refractivity contribution in [2.45, 2.75) is 83.0 Å². The number of halogens is 1. The molecule has 0 aromatic carbocycles. The molecule has 25 heavy (non-hydrogen) atoms. The molecule has 3 rings (SSSR count). The number of hydrogen-bond donors (Lipinski definition) is 1. The van der Waals surface area contributed by atoms with E-state index in [-0.39, 0.29) is 18.0 Å². The van der Waals surface area contributed by atoms with Crippen LogP contribution in [0.4, 0.5) is 15.0 Å². The standard InChI is InChI=1S/C19H28FN3O2/c1-19(2,3)25-18(24)22-14-5-7-15(8-6-14)23(16-9-10-16)17-11-4-13(20)12-21-17/h4,11-12,14-16H,5-10H2,1-3H3,(H,22,24). The van der Waals surface area contributed by atoms with E-state index in [2.05, 4.69) is 15.2 Å². The summed E-state index contributed by atoms with van der Waals surface area (Å²) in [6.07, 6.45) is 7.15. The second-order valence-corrected chi connectivity index (χ2v) is 8.12. The fraction of sp³-hybridized carbons (Fsp3) is 0.684. The largest absolute Gasteiger partial charge is 0.444 e. The van der Waals surface area contributed by atoms with Gasteiger partial charge in [0.1, 0.15) is 17.2 Å². The summed E-state index contributed by atoms with van der Waals surface area (Å²) in [5, 5.41) is 2.98. The van der Waals surface area contributed by atoms with Gasteiger partial charge < -0.3 is 15.0 Å². The third kappa shape index (κ3) is 5.06. The van der Waals surface area contributed by atoms with E-state index in [9.17, 15) is 9.18 Å². The zero-order valence-corrected chi connectivity index (χ0v) is 15.3. The van der Waals surface area contributed by atoms with Crippen molar-refractivity contribution in [3.8, 4) is 0 Å². The number of ether oxygens (including phenoxy) is 1. The summed E-state index contributed by atoms with van der Waals surface area (Å²) in [4.78, 5) is 18.6. The topological polar surface area (TPSA) is 54.5 Å². The lowest BCUT2D eigenvalue weighted by Gasteiger charge is -2.38. The van der Waals surface area contributed by atoms with Crippen molar-refractivity contribution in [2.75, 3.05) is 4.90 Å². The molecule has 2 fully saturated rings. The van der Waals surface area contributed by atoms with Crippen LogP contribution in [0.2, 0.25) is 0 Å². The number of amides is 1. The molecule has 1 aromatic rings. The van der Waals surface area contributed by atoms with Crippen molar-refractivity contribution in [3.63, 3.8) is 0 Å². The first-order valence-corrected chi connectivity index (χ1v) is 9.21. The Morgan fingerprint density at radius 2 is 1.76 bits per heavy atom. The quantitative estimate of drug-likeness (QED) is 0.892. The molecule has 0 atom stereocenters. The van der Waals surface area contributed by atoms with Gasteiger partial charge >= 0.3 is 6.09 Å². The summed E-state index contributed by atoms with van der Waals surface area (Å²) in [6.45, 7) is 5.60. The monoisotopic (exact) mass is 349 g/mol. The fourth-order valence-electron chi connectivity index (χ4n) is 3.52. The average molecular weight is 349 g/mol. The Morgan fingerprint density at radius 3 is 2.24 bits per heavy atom. The smallest absolute Gasteiger partial charge is 0.407 e. The molecule has 2 aliphatic carbocycles. The van der Waals surface area contributed by atoms with Crippen LogP contribution in [0.1, 0.15) is 59.3 Å². The number of anilines is 1. The van der Waals surface area contributed by atoms with Gasteiger partial charge in [0.2, 0.25) is 0 Å². The number of pyridine rings is 1. The van der Waals surface area contributed by atoms with Crippen LogP contribution in [0.25, 0.3) is 0 Å². The second kappa shape index (κ2) is 7.18. The number of alkyl carbamates (subject to hydrolysis) is 1. The molecule has 0 unspecified atom stereocenters. The zero-order valence-electron chi connectivity index (χ0n) is 15.3. The highest BCUT2D eigenvalue weighted by Gasteiger charge is 2.37. The van der Waals surface area contributed by atoms with Crippen LogP contribution in [0.15, 0.2) is 18.3 Å². The molecule has 5 nitrogen and oxygen atoms in total. The minimum Gasteiger partial charge on any atom is -0.444 e. The number of rotatable bonds is 4. The highest BCUT2D eigenvalue weighted by molar-refractivity contribution is 5.68. The number of hydrogen-bond acceptors (Lipinski definition) is 4. The summed E-state index contributed by atoms with van der Waals surface area (Å²) in [6, 6.07) is 4.35. The van der Waals surface area contributed by atoms with Crippen LogP contribution in [0.3, 0.4) is 0 Å². The molecular formula is C19H28FN3O2. The first kappa shape index (κ1) is 18.0. The molecule has 0 spiro atoms. The molecule has 2 aliphatic rings. The van der Waals surface area contributed by atoms with Gasteiger partial charge in [0, 0.05) is 18.1 Å². The maximum atomic E-state index is 13.2. The molecule has 1 amide bonds. The maximum absolute atomic E-state index is 13.2. The van der Waals surface area contributed by atoms with Crippen molar-refractivity contribution in [2.24, 2.45) is 0 Å². The van der Waals surface area contributed by atoms with E-state index in [1.807, 2.05) is 20.8 Å². The van der Waals surface area contributed by atoms with E-state index in [0.717, 1.165) is 31.5 Å². The SMILES string of the molecule is CC(C)(C)OC(=O)NC1CCC(N(c2ccc(F)cn2)C2CC2)CC1. The number of carbonyl (C=O) groups is 1. The van der Waals surface area contributed by atoms with Crippen LogP contribution in [0.5, 0.6) is 0 Å². The predicted octanol–water partition coefficient (Wildman–Crippen LogP) is 4.03. The first-order chi connectivity index (χ1) is 11.8. The fourth-order valence-corrected chi connectivity index (χ4v) is 3.52. The summed E-state index contributed by atoms with van der Waals surface area (Å²) >= 11 is 0. The molecular weight excluding hydrogens is 321 g/mol. The molecule has 6 heteroatoms. The lowest BCUT2D eigenvalue weighted by atomic mass is 9.90. The van der Waals surface area contributed by atoms with Gasteiger partial charge in [-0.2, -0.15) is 0 Å². The minimum atomic E-state index is -0.474. The molecule has 0 saturated heterocycles. The summed E-state index contributed by atoms with van der Waals surface area (Å²) in [5.41, 5.74) is -0.474. The Kier molecular flexibility index (Phi) is 5.16. The van der Waals surface area contributed by atoms with Crippen LogP contribution in [-0.2, 0) is 4.74 Å². The van der Waals surface area contributed by atoms with Gasteiger partial charge in [-0.1, -0.05) is 0 Å². The molecule has 0 bridgehead atoms. The highest BCUT2D eigenvalue weighted by Crippen LogP contribution is 2.36. The van der Waals surface area contributed by atoms with Gasteiger partial charge in [0.25, 0.3) is 0 Å². The molecule has 1 N–H and O–H groups in total. The van der Waals surface area contributed by atoms with Crippen LogP contribution in [-0.4, -0.2) is 34.8 Å². The molecule has 0 aliphatic heterocycles. The van der Waals surface area contributed by atoms with Crippen molar-refractivity contribution >= 4 is 11.9 Å². The van der Waals surface area contributed by atoms with E-state index in [1.54, 1.807) is 6.07 Å². The maximum Gasteiger partial charge on any atom is 0.407 e. The number of nitrogens with zero attached hydrogens (tertiary/aromatic N) is 2. The lowest BCUT2D eigenvalue weighted by molar-refractivity contribution is 0.0491. The number of carbonyl (C=O) groups excluding carboxylic acids is 1. The molecule has 138 valence electrons. The van der Waals surface area contributed by atoms with Crippen LogP contribution >= 0.6 is 0 Å². The van der Waals surface area contributed by atoms with Gasteiger partial charge in [-0.25, -0.2) is 14.2 Å². The lowest BCUT2D eigenvalue weighted by Crippen LogP contribution is -2.46. The van der Waals surface area contributed by atoms with Crippen molar-refractivity contribution in [1.82, 2.24) is 10.3 Å².